The molecule has 0 radical (unpaired) electrons. The molecule has 1 fully saturated rings. The van der Waals surface area contributed by atoms with Crippen LogP contribution in [0.15, 0.2) is 0 Å². The van der Waals surface area contributed by atoms with Crippen molar-refractivity contribution in [2.45, 2.75) is 50.5 Å². The van der Waals surface area contributed by atoms with Gasteiger partial charge in [0.1, 0.15) is 0 Å². The van der Waals surface area contributed by atoms with Crippen molar-refractivity contribution in [3.63, 3.8) is 0 Å². The molecule has 0 aromatic heterocycles. The molecular weight excluding hydrogens is 140 g/mol. The Bertz CT molecular complexity index is 131. The van der Waals surface area contributed by atoms with Crippen LogP contribution in [0.5, 0.6) is 0 Å². The van der Waals surface area contributed by atoms with Crippen LogP contribution in [0.4, 0.5) is 0 Å². The summed E-state index contributed by atoms with van der Waals surface area (Å²) in [4.78, 5) is 0. The lowest BCUT2D eigenvalue weighted by molar-refractivity contribution is 0.174. The number of aliphatic hydroxyl groups excluding tert-OH is 1. The highest BCUT2D eigenvalue weighted by Crippen LogP contribution is 2.62. The lowest BCUT2D eigenvalue weighted by atomic mass is 10.2. The quantitative estimate of drug-likeness (QED) is 0.611. The zero-order valence-electron chi connectivity index (χ0n) is 7.44. The van der Waals surface area contributed by atoms with Gasteiger partial charge in [-0.05, 0) is 24.8 Å². The molecule has 1 N–H and O–H groups in total. The van der Waals surface area contributed by atoms with Gasteiger partial charge in [0.2, 0.25) is 0 Å². The molecule has 1 aliphatic rings. The van der Waals surface area contributed by atoms with Gasteiger partial charge in [-0.3, -0.25) is 0 Å². The Morgan fingerprint density at radius 2 is 1.70 bits per heavy atom. The molecule has 60 valence electrons. The second-order valence-corrected chi connectivity index (χ2v) is 10.1. The van der Waals surface area contributed by atoms with Crippen LogP contribution in [-0.2, 0) is 0 Å². The van der Waals surface area contributed by atoms with E-state index < -0.39 is 8.07 Å². The Hall–Kier alpha value is 0.177. The molecule has 1 nitrogen and oxygen atoms in total. The van der Waals surface area contributed by atoms with Crippen LogP contribution < -0.4 is 0 Å². The van der Waals surface area contributed by atoms with E-state index in [9.17, 15) is 5.11 Å². The molecule has 0 aromatic carbocycles. The van der Waals surface area contributed by atoms with E-state index in [1.807, 2.05) is 6.92 Å². The smallest absolute Gasteiger partial charge is 0.0544 e. The summed E-state index contributed by atoms with van der Waals surface area (Å²) in [5.74, 6) is 0. The van der Waals surface area contributed by atoms with Crippen molar-refractivity contribution in [2.75, 3.05) is 0 Å². The molecule has 0 spiro atoms. The molecule has 1 aliphatic carbocycles. The minimum atomic E-state index is -1.09. The van der Waals surface area contributed by atoms with Crippen LogP contribution in [0.2, 0.25) is 24.7 Å². The summed E-state index contributed by atoms with van der Waals surface area (Å²) >= 11 is 0. The average molecular weight is 158 g/mol. The van der Waals surface area contributed by atoms with E-state index in [0.717, 1.165) is 0 Å². The Labute approximate surface area is 64.5 Å². The van der Waals surface area contributed by atoms with Crippen molar-refractivity contribution < 1.29 is 5.11 Å². The van der Waals surface area contributed by atoms with Crippen LogP contribution in [0.1, 0.15) is 19.8 Å². The fraction of sp³-hybridized carbons (Fsp3) is 1.00. The Morgan fingerprint density at radius 3 is 1.70 bits per heavy atom. The topological polar surface area (TPSA) is 20.2 Å². The fourth-order valence-corrected chi connectivity index (χ4v) is 4.81. The second-order valence-electron chi connectivity index (χ2n) is 4.58. The molecule has 0 saturated heterocycles. The first-order valence-corrected chi connectivity index (χ1v) is 7.58. The summed E-state index contributed by atoms with van der Waals surface area (Å²) in [6.45, 7) is 9.01. The summed E-state index contributed by atoms with van der Waals surface area (Å²) < 4.78 is 0. The van der Waals surface area contributed by atoms with Gasteiger partial charge in [0.05, 0.1) is 14.2 Å². The molecule has 1 unspecified atom stereocenters. The van der Waals surface area contributed by atoms with E-state index in [2.05, 4.69) is 19.6 Å². The number of aliphatic hydroxyl groups is 1. The Balaban J connectivity index is 2.70. The minimum Gasteiger partial charge on any atom is -0.393 e. The van der Waals surface area contributed by atoms with Gasteiger partial charge in [0.25, 0.3) is 0 Å². The van der Waals surface area contributed by atoms with Gasteiger partial charge in [-0.2, -0.15) is 0 Å². The monoisotopic (exact) mass is 158 g/mol. The largest absolute Gasteiger partial charge is 0.393 e. The molecule has 0 heterocycles. The molecular formula is C8H18OSi. The molecule has 0 aliphatic heterocycles. The van der Waals surface area contributed by atoms with Gasteiger partial charge in [0.15, 0.2) is 0 Å². The predicted octanol–water partition coefficient (Wildman–Crippen LogP) is 2.24. The molecule has 2 heteroatoms. The lowest BCUT2D eigenvalue weighted by Gasteiger charge is -2.31. The highest BCUT2D eigenvalue weighted by atomic mass is 28.3. The lowest BCUT2D eigenvalue weighted by Crippen LogP contribution is -2.36. The first-order valence-electron chi connectivity index (χ1n) is 4.08. The fourth-order valence-electron chi connectivity index (χ4n) is 1.93. The normalized spacial score (nSPS) is 26.1. The summed E-state index contributed by atoms with van der Waals surface area (Å²) in [7, 11) is -1.09. The number of hydrogen-bond acceptors (Lipinski definition) is 1. The van der Waals surface area contributed by atoms with Crippen molar-refractivity contribution >= 4 is 8.07 Å². The number of rotatable bonds is 2. The first-order chi connectivity index (χ1) is 4.40. The van der Waals surface area contributed by atoms with Gasteiger partial charge < -0.3 is 5.11 Å². The van der Waals surface area contributed by atoms with E-state index in [0.29, 0.717) is 5.04 Å². The van der Waals surface area contributed by atoms with Crippen molar-refractivity contribution in [3.05, 3.63) is 0 Å². The van der Waals surface area contributed by atoms with Crippen LogP contribution in [0.25, 0.3) is 0 Å². The summed E-state index contributed by atoms with van der Waals surface area (Å²) in [6, 6.07) is 0. The van der Waals surface area contributed by atoms with E-state index in [-0.39, 0.29) is 6.10 Å². The van der Waals surface area contributed by atoms with Crippen LogP contribution >= 0.6 is 0 Å². The van der Waals surface area contributed by atoms with E-state index >= 15 is 0 Å². The molecule has 0 amide bonds. The van der Waals surface area contributed by atoms with E-state index in [1.165, 1.54) is 12.8 Å². The minimum absolute atomic E-state index is 0.0702. The third-order valence-electron chi connectivity index (χ3n) is 3.08. The third kappa shape index (κ3) is 1.03. The third-order valence-corrected chi connectivity index (χ3v) is 6.99. The van der Waals surface area contributed by atoms with Gasteiger partial charge in [-0.25, -0.2) is 0 Å². The Morgan fingerprint density at radius 1 is 1.30 bits per heavy atom. The van der Waals surface area contributed by atoms with Crippen molar-refractivity contribution in [3.8, 4) is 0 Å². The summed E-state index contributed by atoms with van der Waals surface area (Å²) in [6.07, 6.45) is 2.46. The van der Waals surface area contributed by atoms with Gasteiger partial charge >= 0.3 is 0 Å². The maximum atomic E-state index is 9.51. The molecule has 1 rings (SSSR count). The maximum absolute atomic E-state index is 9.51. The van der Waals surface area contributed by atoms with Gasteiger partial charge in [-0.1, -0.05) is 19.6 Å². The highest BCUT2D eigenvalue weighted by Gasteiger charge is 2.55. The van der Waals surface area contributed by atoms with Crippen molar-refractivity contribution in [1.29, 1.82) is 0 Å². The van der Waals surface area contributed by atoms with Crippen molar-refractivity contribution in [1.82, 2.24) is 0 Å². The molecule has 1 atom stereocenters. The average Bonchev–Trinajstić information content (AvgIpc) is 2.36. The van der Waals surface area contributed by atoms with Crippen molar-refractivity contribution in [2.24, 2.45) is 0 Å². The zero-order chi connectivity index (χ0) is 7.99. The second kappa shape index (κ2) is 2.08. The summed E-state index contributed by atoms with van der Waals surface area (Å²) in [5.41, 5.74) is 0. The molecule has 0 aromatic rings. The standard InChI is InChI=1S/C8H18OSi/c1-7(9)8(5-6-8)10(2,3)4/h7,9H,5-6H2,1-4H3. The highest BCUT2D eigenvalue weighted by molar-refractivity contribution is 6.80. The number of hydrogen-bond donors (Lipinski definition) is 1. The predicted molar refractivity (Wildman–Crippen MR) is 47.0 cm³/mol. The summed E-state index contributed by atoms with van der Waals surface area (Å²) in [5, 5.41) is 9.89. The molecule has 0 bridgehead atoms. The van der Waals surface area contributed by atoms with Crippen LogP contribution in [0.3, 0.4) is 0 Å². The van der Waals surface area contributed by atoms with Crippen LogP contribution in [0, 0.1) is 0 Å². The van der Waals surface area contributed by atoms with Gasteiger partial charge in [0, 0.05) is 0 Å². The van der Waals surface area contributed by atoms with E-state index in [4.69, 9.17) is 0 Å². The van der Waals surface area contributed by atoms with E-state index in [1.54, 1.807) is 0 Å². The van der Waals surface area contributed by atoms with Gasteiger partial charge in [-0.15, -0.1) is 0 Å². The maximum Gasteiger partial charge on any atom is 0.0544 e. The first kappa shape index (κ1) is 8.28. The molecule has 10 heavy (non-hydrogen) atoms. The van der Waals surface area contributed by atoms with Crippen LogP contribution in [-0.4, -0.2) is 19.3 Å². The molecule has 1 saturated carbocycles. The Kier molecular flexibility index (Phi) is 1.72. The SMILES string of the molecule is CC(O)C1([Si](C)(C)C)CC1. The zero-order valence-corrected chi connectivity index (χ0v) is 8.44.